The van der Waals surface area contributed by atoms with E-state index < -0.39 is 0 Å². The lowest BCUT2D eigenvalue weighted by atomic mass is 9.49. The van der Waals surface area contributed by atoms with Crippen molar-refractivity contribution in [1.82, 2.24) is 0 Å². The first-order valence-electron chi connectivity index (χ1n) is 9.28. The lowest BCUT2D eigenvalue weighted by Crippen LogP contribution is -2.51. The van der Waals surface area contributed by atoms with Gasteiger partial charge in [-0.1, -0.05) is 13.8 Å². The van der Waals surface area contributed by atoms with Crippen LogP contribution in [0.25, 0.3) is 0 Å². The summed E-state index contributed by atoms with van der Waals surface area (Å²) >= 11 is 0. The topological polar surface area (TPSA) is 20.2 Å². The van der Waals surface area contributed by atoms with Crippen LogP contribution in [0, 0.1) is 47.3 Å². The van der Waals surface area contributed by atoms with Gasteiger partial charge >= 0.3 is 0 Å². The van der Waals surface area contributed by atoms with Crippen molar-refractivity contribution in [2.45, 2.75) is 71.3 Å². The molecule has 0 saturated heterocycles. The van der Waals surface area contributed by atoms with Gasteiger partial charge in [0.15, 0.2) is 0 Å². The molecule has 0 heterocycles. The highest BCUT2D eigenvalue weighted by Crippen LogP contribution is 2.58. The second kappa shape index (κ2) is 5.00. The number of hydrogen-bond acceptors (Lipinski definition) is 1. The monoisotopic (exact) mass is 276 g/mol. The van der Waals surface area contributed by atoms with E-state index in [1.165, 1.54) is 51.4 Å². The molecule has 3 atom stereocenters. The third-order valence-corrected chi connectivity index (χ3v) is 7.39. The lowest BCUT2D eigenvalue weighted by molar-refractivity contribution is -0.114. The van der Waals surface area contributed by atoms with Crippen molar-refractivity contribution in [3.05, 3.63) is 0 Å². The number of aliphatic hydroxyl groups excluding tert-OH is 1. The molecule has 0 aromatic heterocycles. The molecule has 3 unspecified atom stereocenters. The van der Waals surface area contributed by atoms with E-state index in [2.05, 4.69) is 13.8 Å². The Hall–Kier alpha value is -0.0400. The minimum atomic E-state index is 0.0233. The van der Waals surface area contributed by atoms with Crippen LogP contribution in [0.15, 0.2) is 0 Å². The molecule has 114 valence electrons. The molecular weight excluding hydrogens is 244 g/mol. The van der Waals surface area contributed by atoms with Crippen molar-refractivity contribution >= 4 is 0 Å². The minimum Gasteiger partial charge on any atom is -0.393 e. The maximum atomic E-state index is 11.1. The summed E-state index contributed by atoms with van der Waals surface area (Å²) in [4.78, 5) is 0. The highest BCUT2D eigenvalue weighted by molar-refractivity contribution is 5.01. The second-order valence-corrected chi connectivity index (χ2v) is 9.18. The summed E-state index contributed by atoms with van der Waals surface area (Å²) < 4.78 is 0. The van der Waals surface area contributed by atoms with Crippen LogP contribution in [0.3, 0.4) is 0 Å². The Morgan fingerprint density at radius 1 is 0.700 bits per heavy atom. The lowest BCUT2D eigenvalue weighted by Gasteiger charge is -2.57. The Labute approximate surface area is 124 Å². The van der Waals surface area contributed by atoms with E-state index >= 15 is 0 Å². The van der Waals surface area contributed by atoms with Crippen LogP contribution in [0.1, 0.15) is 65.2 Å². The van der Waals surface area contributed by atoms with E-state index in [0.717, 1.165) is 35.5 Å². The zero-order valence-electron chi connectivity index (χ0n) is 13.3. The molecule has 20 heavy (non-hydrogen) atoms. The number of hydrogen-bond donors (Lipinski definition) is 1. The zero-order chi connectivity index (χ0) is 13.9. The van der Waals surface area contributed by atoms with Crippen LogP contribution in [-0.2, 0) is 0 Å². The highest BCUT2D eigenvalue weighted by atomic mass is 16.3. The molecule has 5 aliphatic carbocycles. The first kappa shape index (κ1) is 13.6. The van der Waals surface area contributed by atoms with Crippen LogP contribution >= 0.6 is 0 Å². The van der Waals surface area contributed by atoms with Gasteiger partial charge in [0.2, 0.25) is 0 Å². The highest BCUT2D eigenvalue weighted by Gasteiger charge is 2.51. The predicted molar refractivity (Wildman–Crippen MR) is 82.2 cm³/mol. The molecule has 0 aromatic rings. The summed E-state index contributed by atoms with van der Waals surface area (Å²) in [7, 11) is 0. The Bertz CT molecular complexity index is 325. The average Bonchev–Trinajstić information content (AvgIpc) is 2.35. The van der Waals surface area contributed by atoms with Crippen LogP contribution < -0.4 is 0 Å². The smallest absolute Gasteiger partial charge is 0.0602 e. The van der Waals surface area contributed by atoms with Gasteiger partial charge in [-0.25, -0.2) is 0 Å². The molecule has 0 aromatic carbocycles. The van der Waals surface area contributed by atoms with E-state index in [1.807, 2.05) is 0 Å². The fourth-order valence-corrected chi connectivity index (χ4v) is 7.13. The van der Waals surface area contributed by atoms with Crippen LogP contribution in [0.5, 0.6) is 0 Å². The fraction of sp³-hybridized carbons (Fsp3) is 1.00. The Balaban J connectivity index is 1.49. The van der Waals surface area contributed by atoms with Gasteiger partial charge < -0.3 is 5.11 Å². The van der Waals surface area contributed by atoms with E-state index in [0.29, 0.717) is 11.8 Å². The van der Waals surface area contributed by atoms with E-state index in [-0.39, 0.29) is 6.10 Å². The molecule has 1 heteroatoms. The molecule has 5 rings (SSSR count). The van der Waals surface area contributed by atoms with Gasteiger partial charge in [-0.3, -0.25) is 0 Å². The Morgan fingerprint density at radius 3 is 1.70 bits per heavy atom. The van der Waals surface area contributed by atoms with Gasteiger partial charge in [0.05, 0.1) is 6.10 Å². The molecular formula is C19H32O. The van der Waals surface area contributed by atoms with Crippen molar-refractivity contribution in [1.29, 1.82) is 0 Å². The largest absolute Gasteiger partial charge is 0.393 e. The molecule has 5 fully saturated rings. The maximum Gasteiger partial charge on any atom is 0.0602 e. The maximum absolute atomic E-state index is 11.1. The summed E-state index contributed by atoms with van der Waals surface area (Å²) in [5.41, 5.74) is 0. The second-order valence-electron chi connectivity index (χ2n) is 9.18. The summed E-state index contributed by atoms with van der Waals surface area (Å²) in [5.74, 6) is 6.77. The molecule has 0 spiro atoms. The summed E-state index contributed by atoms with van der Waals surface area (Å²) in [5, 5.41) is 11.1. The summed E-state index contributed by atoms with van der Waals surface area (Å²) in [6.45, 7) is 4.79. The summed E-state index contributed by atoms with van der Waals surface area (Å²) in [6.07, 6.45) is 11.3. The Kier molecular flexibility index (Phi) is 3.41. The van der Waals surface area contributed by atoms with Crippen LogP contribution in [0.4, 0.5) is 0 Å². The van der Waals surface area contributed by atoms with Gasteiger partial charge in [0.1, 0.15) is 0 Å². The first-order valence-corrected chi connectivity index (χ1v) is 9.28. The van der Waals surface area contributed by atoms with Crippen molar-refractivity contribution in [3.63, 3.8) is 0 Å². The third-order valence-electron chi connectivity index (χ3n) is 7.39. The van der Waals surface area contributed by atoms with Gasteiger partial charge in [0, 0.05) is 0 Å². The van der Waals surface area contributed by atoms with E-state index in [1.54, 1.807) is 0 Å². The molecule has 5 saturated carbocycles. The van der Waals surface area contributed by atoms with Gasteiger partial charge in [-0.2, -0.15) is 0 Å². The standard InChI is InChI=1S/C19H32O/c1-11-3-12(2)5-17(4-11)19(20)18-15-7-13-6-14(9-15)10-16(18)8-13/h11-20H,3-10H2,1-2H3. The molecule has 0 radical (unpaired) electrons. The van der Waals surface area contributed by atoms with Crippen molar-refractivity contribution < 1.29 is 5.11 Å². The number of aliphatic hydroxyl groups is 1. The molecule has 1 nitrogen and oxygen atoms in total. The van der Waals surface area contributed by atoms with Crippen LogP contribution in [-0.4, -0.2) is 11.2 Å². The Morgan fingerprint density at radius 2 is 1.20 bits per heavy atom. The molecule has 0 amide bonds. The minimum absolute atomic E-state index is 0.0233. The van der Waals surface area contributed by atoms with Crippen molar-refractivity contribution in [3.8, 4) is 0 Å². The molecule has 4 bridgehead atoms. The molecule has 5 aliphatic rings. The van der Waals surface area contributed by atoms with E-state index in [9.17, 15) is 5.11 Å². The normalized spacial score (nSPS) is 56.0. The average molecular weight is 276 g/mol. The fourth-order valence-electron chi connectivity index (χ4n) is 7.13. The van der Waals surface area contributed by atoms with Crippen molar-refractivity contribution in [2.75, 3.05) is 0 Å². The van der Waals surface area contributed by atoms with Gasteiger partial charge in [-0.15, -0.1) is 0 Å². The number of rotatable bonds is 2. The van der Waals surface area contributed by atoms with Gasteiger partial charge in [0.25, 0.3) is 0 Å². The molecule has 1 N–H and O–H groups in total. The zero-order valence-corrected chi connectivity index (χ0v) is 13.3. The third kappa shape index (κ3) is 2.25. The predicted octanol–water partition coefficient (Wildman–Crippen LogP) is 4.49. The van der Waals surface area contributed by atoms with Crippen LogP contribution in [0.2, 0.25) is 0 Å². The van der Waals surface area contributed by atoms with Crippen molar-refractivity contribution in [2.24, 2.45) is 47.3 Å². The quantitative estimate of drug-likeness (QED) is 0.787. The SMILES string of the molecule is CC1CC(C)CC(C(O)C2C3CC4CC(C3)CC2C4)C1. The first-order chi connectivity index (χ1) is 9.60. The summed E-state index contributed by atoms with van der Waals surface area (Å²) in [6, 6.07) is 0. The van der Waals surface area contributed by atoms with Gasteiger partial charge in [-0.05, 0) is 98.7 Å². The van der Waals surface area contributed by atoms with E-state index in [4.69, 9.17) is 0 Å². The molecule has 0 aliphatic heterocycles.